The van der Waals surface area contributed by atoms with Gasteiger partial charge in [-0.2, -0.15) is 0 Å². The number of ether oxygens (including phenoxy) is 1. The number of morpholine rings is 1. The number of hydrogen-bond acceptors (Lipinski definition) is 5. The molecule has 0 aromatic carbocycles. The van der Waals surface area contributed by atoms with Crippen molar-refractivity contribution in [3.8, 4) is 0 Å². The van der Waals surface area contributed by atoms with Gasteiger partial charge < -0.3 is 14.9 Å². The predicted octanol–water partition coefficient (Wildman–Crippen LogP) is 1.02. The second-order valence-corrected chi connectivity index (χ2v) is 7.01. The molecule has 2 heterocycles. The van der Waals surface area contributed by atoms with Gasteiger partial charge in [-0.05, 0) is 31.5 Å². The first-order valence-corrected chi connectivity index (χ1v) is 8.40. The Bertz CT molecular complexity index is 545. The van der Waals surface area contributed by atoms with Gasteiger partial charge in [-0.25, -0.2) is 0 Å². The summed E-state index contributed by atoms with van der Waals surface area (Å²) in [5, 5.41) is 0. The van der Waals surface area contributed by atoms with Crippen LogP contribution < -0.4 is 5.73 Å². The van der Waals surface area contributed by atoms with Crippen LogP contribution in [-0.4, -0.2) is 61.6 Å². The van der Waals surface area contributed by atoms with Crippen LogP contribution >= 0.6 is 0 Å². The van der Waals surface area contributed by atoms with Crippen LogP contribution in [0.5, 0.6) is 0 Å². The van der Waals surface area contributed by atoms with Gasteiger partial charge in [0, 0.05) is 25.6 Å². The topological polar surface area (TPSA) is 71.9 Å². The van der Waals surface area contributed by atoms with Crippen molar-refractivity contribution in [2.75, 3.05) is 39.8 Å². The van der Waals surface area contributed by atoms with Crippen molar-refractivity contribution in [1.82, 2.24) is 9.80 Å². The van der Waals surface area contributed by atoms with Crippen molar-refractivity contribution in [2.45, 2.75) is 31.9 Å². The fourth-order valence-corrected chi connectivity index (χ4v) is 3.33. The molecule has 1 aromatic rings. The Morgan fingerprint density at radius 3 is 2.96 bits per heavy atom. The Hall–Kier alpha value is -1.37. The van der Waals surface area contributed by atoms with Crippen LogP contribution in [0.15, 0.2) is 16.5 Å². The molecule has 0 bridgehead atoms. The standard InChI is InChI=1S/C17H27N3O3/c1-12-7-15(12)16-4-3-13(23-16)9-20-5-6-22-14(10-20)8-19(2)11-17(18)21/h3-4,12,14-15H,5-11H2,1-2H3,(H2,18,21)/t12-,14-,15-/m1/s1. The van der Waals surface area contributed by atoms with Crippen molar-refractivity contribution in [1.29, 1.82) is 0 Å². The van der Waals surface area contributed by atoms with Gasteiger partial charge in [0.2, 0.25) is 5.91 Å². The molecular weight excluding hydrogens is 294 g/mol. The van der Waals surface area contributed by atoms with E-state index in [2.05, 4.69) is 24.0 Å². The molecule has 1 saturated heterocycles. The highest BCUT2D eigenvalue weighted by atomic mass is 16.5. The van der Waals surface area contributed by atoms with Crippen LogP contribution in [0, 0.1) is 5.92 Å². The van der Waals surface area contributed by atoms with Crippen LogP contribution in [0.2, 0.25) is 0 Å². The predicted molar refractivity (Wildman–Crippen MR) is 86.9 cm³/mol. The zero-order valence-electron chi connectivity index (χ0n) is 14.0. The summed E-state index contributed by atoms with van der Waals surface area (Å²) < 4.78 is 11.8. The first-order valence-electron chi connectivity index (χ1n) is 8.40. The molecule has 1 aliphatic carbocycles. The molecule has 0 spiro atoms. The van der Waals surface area contributed by atoms with Crippen LogP contribution in [0.4, 0.5) is 0 Å². The third kappa shape index (κ3) is 4.56. The van der Waals surface area contributed by atoms with E-state index in [4.69, 9.17) is 14.9 Å². The SMILES string of the molecule is C[C@@H]1C[C@H]1c1ccc(CN2CCO[C@H](CN(C)CC(N)=O)C2)o1. The summed E-state index contributed by atoms with van der Waals surface area (Å²) in [5.74, 6) is 3.26. The highest BCUT2D eigenvalue weighted by molar-refractivity contribution is 5.75. The monoisotopic (exact) mass is 321 g/mol. The highest BCUT2D eigenvalue weighted by Gasteiger charge is 2.36. The molecule has 2 N–H and O–H groups in total. The molecule has 1 amide bonds. The normalized spacial score (nSPS) is 28.2. The van der Waals surface area contributed by atoms with E-state index in [1.54, 1.807) is 0 Å². The number of nitrogens with zero attached hydrogens (tertiary/aromatic N) is 2. The molecule has 1 aromatic heterocycles. The summed E-state index contributed by atoms with van der Waals surface area (Å²) in [4.78, 5) is 15.2. The summed E-state index contributed by atoms with van der Waals surface area (Å²) >= 11 is 0. The fourth-order valence-electron chi connectivity index (χ4n) is 3.33. The maximum Gasteiger partial charge on any atom is 0.231 e. The third-order valence-corrected chi connectivity index (χ3v) is 4.70. The van der Waals surface area contributed by atoms with E-state index in [0.29, 0.717) is 19.1 Å². The van der Waals surface area contributed by atoms with Crippen molar-refractivity contribution < 1.29 is 13.9 Å². The van der Waals surface area contributed by atoms with Crippen molar-refractivity contribution in [3.63, 3.8) is 0 Å². The van der Waals surface area contributed by atoms with Gasteiger partial charge in [0.15, 0.2) is 0 Å². The molecule has 2 aliphatic rings. The van der Waals surface area contributed by atoms with Crippen molar-refractivity contribution >= 4 is 5.91 Å². The second-order valence-electron chi connectivity index (χ2n) is 7.01. The Morgan fingerprint density at radius 2 is 2.26 bits per heavy atom. The van der Waals surface area contributed by atoms with E-state index < -0.39 is 0 Å². The smallest absolute Gasteiger partial charge is 0.231 e. The molecule has 3 atom stereocenters. The molecule has 6 nitrogen and oxygen atoms in total. The number of likely N-dealkylation sites (N-methyl/N-ethyl adjacent to an activating group) is 1. The van der Waals surface area contributed by atoms with Gasteiger partial charge in [0.05, 0.1) is 25.8 Å². The molecule has 0 radical (unpaired) electrons. The van der Waals surface area contributed by atoms with Gasteiger partial charge in [-0.1, -0.05) is 6.92 Å². The van der Waals surface area contributed by atoms with E-state index in [0.717, 1.165) is 37.1 Å². The van der Waals surface area contributed by atoms with Crippen LogP contribution in [0.25, 0.3) is 0 Å². The van der Waals surface area contributed by atoms with E-state index in [1.165, 1.54) is 6.42 Å². The number of rotatable bonds is 7. The minimum Gasteiger partial charge on any atom is -0.464 e. The first-order chi connectivity index (χ1) is 11.0. The van der Waals surface area contributed by atoms with Crippen molar-refractivity contribution in [2.24, 2.45) is 11.7 Å². The first kappa shape index (κ1) is 16.5. The molecule has 3 rings (SSSR count). The van der Waals surface area contributed by atoms with E-state index >= 15 is 0 Å². The summed E-state index contributed by atoms with van der Waals surface area (Å²) in [6, 6.07) is 4.23. The lowest BCUT2D eigenvalue weighted by Crippen LogP contribution is -2.47. The van der Waals surface area contributed by atoms with Gasteiger partial charge in [0.25, 0.3) is 0 Å². The van der Waals surface area contributed by atoms with E-state index in [9.17, 15) is 4.79 Å². The lowest BCUT2D eigenvalue weighted by molar-refractivity contribution is -0.119. The molecule has 2 fully saturated rings. The lowest BCUT2D eigenvalue weighted by atomic mass is 10.2. The number of amides is 1. The number of primary amides is 1. The molecular formula is C17H27N3O3. The number of hydrogen-bond donors (Lipinski definition) is 1. The zero-order valence-corrected chi connectivity index (χ0v) is 14.0. The Morgan fingerprint density at radius 1 is 1.48 bits per heavy atom. The zero-order chi connectivity index (χ0) is 16.4. The largest absolute Gasteiger partial charge is 0.464 e. The number of furan rings is 1. The number of carbonyl (C=O) groups is 1. The maximum atomic E-state index is 11.0. The Balaban J connectivity index is 1.48. The van der Waals surface area contributed by atoms with Gasteiger partial charge >= 0.3 is 0 Å². The fraction of sp³-hybridized carbons (Fsp3) is 0.706. The summed E-state index contributed by atoms with van der Waals surface area (Å²) in [6.07, 6.45) is 1.35. The number of nitrogens with two attached hydrogens (primary N) is 1. The van der Waals surface area contributed by atoms with Gasteiger partial charge in [-0.3, -0.25) is 14.6 Å². The summed E-state index contributed by atoms with van der Waals surface area (Å²) in [6.45, 7) is 6.53. The summed E-state index contributed by atoms with van der Waals surface area (Å²) in [7, 11) is 1.89. The molecule has 128 valence electrons. The summed E-state index contributed by atoms with van der Waals surface area (Å²) in [5.41, 5.74) is 5.23. The number of carbonyl (C=O) groups excluding carboxylic acids is 1. The van der Waals surface area contributed by atoms with E-state index in [-0.39, 0.29) is 18.6 Å². The molecule has 0 unspecified atom stereocenters. The second kappa shape index (κ2) is 7.03. The molecule has 1 aliphatic heterocycles. The van der Waals surface area contributed by atoms with Gasteiger partial charge in [-0.15, -0.1) is 0 Å². The average molecular weight is 321 g/mol. The molecule has 1 saturated carbocycles. The molecule has 23 heavy (non-hydrogen) atoms. The van der Waals surface area contributed by atoms with Crippen LogP contribution in [0.3, 0.4) is 0 Å². The minimum absolute atomic E-state index is 0.103. The quantitative estimate of drug-likeness (QED) is 0.812. The van der Waals surface area contributed by atoms with Crippen LogP contribution in [-0.2, 0) is 16.1 Å². The van der Waals surface area contributed by atoms with E-state index in [1.807, 2.05) is 11.9 Å². The van der Waals surface area contributed by atoms with Gasteiger partial charge in [0.1, 0.15) is 11.5 Å². The Kier molecular flexibility index (Phi) is 5.04. The lowest BCUT2D eigenvalue weighted by Gasteiger charge is -2.34. The van der Waals surface area contributed by atoms with Crippen LogP contribution in [0.1, 0.15) is 30.8 Å². The third-order valence-electron chi connectivity index (χ3n) is 4.70. The Labute approximate surface area is 137 Å². The highest BCUT2D eigenvalue weighted by Crippen LogP contribution is 2.47. The minimum atomic E-state index is -0.308. The average Bonchev–Trinajstić information content (AvgIpc) is 3.02. The maximum absolute atomic E-state index is 11.0. The van der Waals surface area contributed by atoms with Crippen molar-refractivity contribution in [3.05, 3.63) is 23.7 Å². The molecule has 6 heteroatoms.